The fourth-order valence-electron chi connectivity index (χ4n) is 8.03. The van der Waals surface area contributed by atoms with Gasteiger partial charge in [0.05, 0.1) is 21.3 Å². The molecule has 232 valence electrons. The molecule has 7 aromatic carbocycles. The van der Waals surface area contributed by atoms with Gasteiger partial charge in [0.1, 0.15) is 5.01 Å². The molecule has 0 saturated carbocycles. The quantitative estimate of drug-likeness (QED) is 0.186. The minimum atomic E-state index is -0.00496. The highest BCUT2D eigenvalue weighted by Gasteiger charge is 2.35. The minimum Gasteiger partial charge on any atom is -0.309 e. The van der Waals surface area contributed by atoms with E-state index < -0.39 is 0 Å². The zero-order valence-corrected chi connectivity index (χ0v) is 28.1. The van der Waals surface area contributed by atoms with Gasteiger partial charge in [-0.05, 0) is 93.0 Å². The highest BCUT2D eigenvalue weighted by Crippen LogP contribution is 2.50. The van der Waals surface area contributed by atoms with E-state index >= 15 is 0 Å². The van der Waals surface area contributed by atoms with Gasteiger partial charge >= 0.3 is 0 Å². The van der Waals surface area contributed by atoms with Gasteiger partial charge < -0.3 is 4.57 Å². The molecule has 9 aromatic rings. The average molecular weight is 645 g/mol. The molecule has 0 unspecified atom stereocenters. The molecule has 0 fully saturated rings. The summed E-state index contributed by atoms with van der Waals surface area (Å²) in [6.45, 7) is 4.68. The van der Waals surface area contributed by atoms with Gasteiger partial charge in [0, 0.05) is 27.4 Å². The number of hydrogen-bond acceptors (Lipinski definition) is 2. The first-order chi connectivity index (χ1) is 24.0. The third kappa shape index (κ3) is 4.29. The number of para-hydroxylation sites is 2. The van der Waals surface area contributed by atoms with Crippen LogP contribution < -0.4 is 0 Å². The molecule has 1 aliphatic rings. The Morgan fingerprint density at radius 2 is 1.18 bits per heavy atom. The maximum Gasteiger partial charge on any atom is 0.124 e. The number of aromatic nitrogens is 2. The van der Waals surface area contributed by atoms with E-state index in [0.29, 0.717) is 0 Å². The first-order valence-electron chi connectivity index (χ1n) is 16.9. The molecule has 0 spiro atoms. The average Bonchev–Trinajstić information content (AvgIpc) is 3.80. The SMILES string of the molecule is CC1(C)c2ccccc2-c2cc(-c3ccc4c(c3)c3c(-c5ccc(-c6nc7ccccc7s6)cc5)cccc3n4-c3ccccc3)ccc21. The molecule has 10 rings (SSSR count). The van der Waals surface area contributed by atoms with E-state index in [4.69, 9.17) is 4.98 Å². The summed E-state index contributed by atoms with van der Waals surface area (Å²) in [6, 6.07) is 57.7. The van der Waals surface area contributed by atoms with Crippen molar-refractivity contribution in [2.45, 2.75) is 19.3 Å². The summed E-state index contributed by atoms with van der Waals surface area (Å²) in [6.07, 6.45) is 0. The number of nitrogens with zero attached hydrogens (tertiary/aromatic N) is 2. The second-order valence-electron chi connectivity index (χ2n) is 13.6. The summed E-state index contributed by atoms with van der Waals surface area (Å²) in [5.74, 6) is 0. The Morgan fingerprint density at radius 1 is 0.510 bits per heavy atom. The standard InChI is InChI=1S/C46H32N2S/c1-46(2)38-15-7-6-13-35(38)36-27-31(23-25-39(36)46)32-24-26-41-37(28-32)44-34(14-10-17-42(44)48(41)33-11-4-3-5-12-33)29-19-21-30(22-20-29)45-47-40-16-8-9-18-43(40)49-45/h3-28H,1-2H3. The van der Waals surface area contributed by atoms with Crippen molar-refractivity contribution < 1.29 is 0 Å². The van der Waals surface area contributed by atoms with Crippen LogP contribution >= 0.6 is 11.3 Å². The molecule has 0 radical (unpaired) electrons. The van der Waals surface area contributed by atoms with Crippen LogP contribution in [0.25, 0.3) is 81.7 Å². The van der Waals surface area contributed by atoms with E-state index in [9.17, 15) is 0 Å². The number of rotatable bonds is 4. The maximum absolute atomic E-state index is 4.91. The van der Waals surface area contributed by atoms with Crippen LogP contribution in [0.3, 0.4) is 0 Å². The normalized spacial score (nSPS) is 13.3. The van der Waals surface area contributed by atoms with Crippen molar-refractivity contribution >= 4 is 43.4 Å². The van der Waals surface area contributed by atoms with E-state index in [1.165, 1.54) is 71.0 Å². The third-order valence-corrected chi connectivity index (χ3v) is 11.5. The molecule has 49 heavy (non-hydrogen) atoms. The summed E-state index contributed by atoms with van der Waals surface area (Å²) in [5, 5.41) is 3.57. The van der Waals surface area contributed by atoms with Gasteiger partial charge in [0.15, 0.2) is 0 Å². The number of benzene rings is 7. The lowest BCUT2D eigenvalue weighted by Crippen LogP contribution is -2.14. The van der Waals surface area contributed by atoms with Gasteiger partial charge in [-0.3, -0.25) is 0 Å². The van der Waals surface area contributed by atoms with Crippen molar-refractivity contribution in [1.82, 2.24) is 9.55 Å². The summed E-state index contributed by atoms with van der Waals surface area (Å²) >= 11 is 1.75. The zero-order valence-electron chi connectivity index (χ0n) is 27.3. The Morgan fingerprint density at radius 3 is 2.04 bits per heavy atom. The van der Waals surface area contributed by atoms with E-state index in [2.05, 4.69) is 176 Å². The monoisotopic (exact) mass is 644 g/mol. The van der Waals surface area contributed by atoms with Crippen LogP contribution in [-0.2, 0) is 5.41 Å². The predicted octanol–water partition coefficient (Wildman–Crippen LogP) is 12.7. The summed E-state index contributed by atoms with van der Waals surface area (Å²) in [4.78, 5) is 4.91. The van der Waals surface area contributed by atoms with E-state index in [-0.39, 0.29) is 5.41 Å². The summed E-state index contributed by atoms with van der Waals surface area (Å²) in [5.41, 5.74) is 16.2. The minimum absolute atomic E-state index is 0.00496. The van der Waals surface area contributed by atoms with Crippen molar-refractivity contribution in [2.24, 2.45) is 0 Å². The Kier molecular flexibility index (Phi) is 6.12. The van der Waals surface area contributed by atoms with Gasteiger partial charge in [-0.1, -0.05) is 123 Å². The molecule has 0 aliphatic heterocycles. The van der Waals surface area contributed by atoms with Crippen molar-refractivity contribution in [3.05, 3.63) is 169 Å². The molecule has 2 nitrogen and oxygen atoms in total. The molecular weight excluding hydrogens is 613 g/mol. The lowest BCUT2D eigenvalue weighted by Gasteiger charge is -2.21. The van der Waals surface area contributed by atoms with E-state index in [1.807, 2.05) is 0 Å². The maximum atomic E-state index is 4.91. The Bertz CT molecular complexity index is 2700. The molecule has 0 saturated heterocycles. The van der Waals surface area contributed by atoms with Gasteiger partial charge in [-0.2, -0.15) is 0 Å². The summed E-state index contributed by atoms with van der Waals surface area (Å²) in [7, 11) is 0. The summed E-state index contributed by atoms with van der Waals surface area (Å²) < 4.78 is 3.63. The van der Waals surface area contributed by atoms with Crippen molar-refractivity contribution in [2.75, 3.05) is 0 Å². The van der Waals surface area contributed by atoms with E-state index in [1.54, 1.807) is 11.3 Å². The molecule has 2 aromatic heterocycles. The Balaban J connectivity index is 1.16. The van der Waals surface area contributed by atoms with Gasteiger partial charge in [-0.15, -0.1) is 11.3 Å². The van der Waals surface area contributed by atoms with Crippen molar-refractivity contribution in [3.63, 3.8) is 0 Å². The Hall–Kier alpha value is -5.77. The van der Waals surface area contributed by atoms with Crippen molar-refractivity contribution in [3.8, 4) is 49.6 Å². The molecule has 1 aliphatic carbocycles. The highest BCUT2D eigenvalue weighted by molar-refractivity contribution is 7.21. The largest absolute Gasteiger partial charge is 0.309 e. The molecule has 0 N–H and O–H groups in total. The molecule has 0 bridgehead atoms. The highest BCUT2D eigenvalue weighted by atomic mass is 32.1. The molecule has 2 heterocycles. The number of hydrogen-bond donors (Lipinski definition) is 0. The van der Waals surface area contributed by atoms with Crippen LogP contribution in [0.1, 0.15) is 25.0 Å². The smallest absolute Gasteiger partial charge is 0.124 e. The first kappa shape index (κ1) is 28.3. The van der Waals surface area contributed by atoms with E-state index in [0.717, 1.165) is 21.8 Å². The topological polar surface area (TPSA) is 17.8 Å². The first-order valence-corrected chi connectivity index (χ1v) is 17.7. The van der Waals surface area contributed by atoms with Gasteiger partial charge in [0.25, 0.3) is 0 Å². The molecular formula is C46H32N2S. The van der Waals surface area contributed by atoms with Gasteiger partial charge in [-0.25, -0.2) is 4.98 Å². The van der Waals surface area contributed by atoms with Crippen molar-refractivity contribution in [1.29, 1.82) is 0 Å². The van der Waals surface area contributed by atoms with Crippen LogP contribution in [0, 0.1) is 0 Å². The van der Waals surface area contributed by atoms with Crippen LogP contribution in [0.2, 0.25) is 0 Å². The van der Waals surface area contributed by atoms with Crippen LogP contribution in [0.5, 0.6) is 0 Å². The van der Waals surface area contributed by atoms with Gasteiger partial charge in [0.2, 0.25) is 0 Å². The lowest BCUT2D eigenvalue weighted by atomic mass is 9.82. The second-order valence-corrected chi connectivity index (χ2v) is 14.6. The fraction of sp³-hybridized carbons (Fsp3) is 0.0652. The predicted molar refractivity (Wildman–Crippen MR) is 208 cm³/mol. The van der Waals surface area contributed by atoms with Crippen LogP contribution in [0.4, 0.5) is 0 Å². The van der Waals surface area contributed by atoms with Crippen LogP contribution in [0.15, 0.2) is 158 Å². The van der Waals surface area contributed by atoms with Crippen LogP contribution in [-0.4, -0.2) is 9.55 Å². The third-order valence-electron chi connectivity index (χ3n) is 10.5. The fourth-order valence-corrected chi connectivity index (χ4v) is 9.00. The number of fused-ring (bicyclic) bond motifs is 7. The lowest BCUT2D eigenvalue weighted by molar-refractivity contribution is 0.660. The number of thiazole rings is 1. The molecule has 0 amide bonds. The second kappa shape index (κ2) is 10.6. The Labute approximate surface area is 289 Å². The molecule has 0 atom stereocenters. The molecule has 3 heteroatoms. The zero-order chi connectivity index (χ0) is 32.7.